The van der Waals surface area contributed by atoms with Crippen molar-refractivity contribution in [2.24, 2.45) is 17.3 Å². The molecule has 2 aromatic carbocycles. The lowest BCUT2D eigenvalue weighted by molar-refractivity contribution is -0.284. The molecule has 3 fully saturated rings. The normalized spacial score (nSPS) is 35.0. The lowest BCUT2D eigenvalue weighted by atomic mass is 9.33. The number of sulfonamides is 1. The average Bonchev–Trinajstić information content (AvgIpc) is 3.14. The van der Waals surface area contributed by atoms with E-state index in [-0.39, 0.29) is 10.8 Å². The smallest absolute Gasteiger partial charge is 0.264 e. The Kier molecular flexibility index (Phi) is 8.39. The number of hydrogen-bond donors (Lipinski definition) is 1. The number of fused-ring (bicyclic) bond motifs is 3. The Morgan fingerprint density at radius 1 is 1.07 bits per heavy atom. The van der Waals surface area contributed by atoms with Crippen LogP contribution in [0.15, 0.2) is 36.4 Å². The van der Waals surface area contributed by atoms with Gasteiger partial charge >= 0.3 is 0 Å². The number of nitrogens with one attached hydrogen (secondary N) is 1. The van der Waals surface area contributed by atoms with Crippen LogP contribution in [-0.4, -0.2) is 65.7 Å². The molecule has 0 saturated heterocycles. The molecule has 2 spiro atoms. The summed E-state index contributed by atoms with van der Waals surface area (Å²) >= 11 is 6.46. The number of carbonyl (C=O) groups is 1. The first-order valence-corrected chi connectivity index (χ1v) is 18.9. The second-order valence-corrected chi connectivity index (χ2v) is 17.1. The molecule has 1 amide bonds. The molecule has 1 N–H and O–H groups in total. The van der Waals surface area contributed by atoms with E-state index in [2.05, 4.69) is 21.8 Å². The number of anilines is 1. The Balaban J connectivity index is 1.34. The number of ether oxygens (including phenoxy) is 3. The summed E-state index contributed by atoms with van der Waals surface area (Å²) in [5.74, 6) is 1.06. The Labute approximate surface area is 278 Å². The van der Waals surface area contributed by atoms with E-state index in [0.717, 1.165) is 80.9 Å². The van der Waals surface area contributed by atoms with Gasteiger partial charge in [0.1, 0.15) is 5.75 Å². The fraction of sp³-hybridized carbons (Fsp3) is 0.639. The third-order valence-corrected chi connectivity index (χ3v) is 14.3. The molecule has 0 aromatic heterocycles. The maximum Gasteiger partial charge on any atom is 0.264 e. The van der Waals surface area contributed by atoms with E-state index in [4.69, 9.17) is 25.8 Å². The fourth-order valence-electron chi connectivity index (χ4n) is 9.98. The molecule has 2 aromatic rings. The van der Waals surface area contributed by atoms with E-state index in [1.165, 1.54) is 11.1 Å². The third-order valence-electron chi connectivity index (χ3n) is 12.1. The highest BCUT2D eigenvalue weighted by atomic mass is 35.5. The van der Waals surface area contributed by atoms with Gasteiger partial charge in [-0.15, -0.1) is 0 Å². The summed E-state index contributed by atoms with van der Waals surface area (Å²) in [7, 11) is -0.300. The van der Waals surface area contributed by atoms with Gasteiger partial charge < -0.3 is 19.1 Å². The van der Waals surface area contributed by atoms with Crippen molar-refractivity contribution in [3.8, 4) is 5.75 Å². The quantitative estimate of drug-likeness (QED) is 0.409. The van der Waals surface area contributed by atoms with Gasteiger partial charge in [-0.25, -0.2) is 13.1 Å². The van der Waals surface area contributed by atoms with Crippen molar-refractivity contribution < 1.29 is 27.4 Å². The van der Waals surface area contributed by atoms with Crippen molar-refractivity contribution in [1.82, 2.24) is 4.72 Å². The van der Waals surface area contributed by atoms with Crippen LogP contribution in [0.2, 0.25) is 5.02 Å². The Hall–Kier alpha value is -2.33. The molecule has 8 rings (SSSR count). The van der Waals surface area contributed by atoms with Crippen LogP contribution in [0.4, 0.5) is 5.69 Å². The lowest BCUT2D eigenvalue weighted by Gasteiger charge is -2.74. The average molecular weight is 671 g/mol. The predicted molar refractivity (Wildman–Crippen MR) is 179 cm³/mol. The number of methoxy groups -OCH3 is 2. The van der Waals surface area contributed by atoms with E-state index in [0.29, 0.717) is 43.5 Å². The molecular weight excluding hydrogens is 624 g/mol. The van der Waals surface area contributed by atoms with Crippen LogP contribution in [-0.2, 0) is 31.3 Å². The molecule has 3 saturated carbocycles. The minimum absolute atomic E-state index is 0.0596. The molecule has 4 atom stereocenters. The van der Waals surface area contributed by atoms with Gasteiger partial charge in [0.2, 0.25) is 10.0 Å². The number of carbonyl (C=O) groups excluding carboxylic acids is 1. The van der Waals surface area contributed by atoms with Gasteiger partial charge in [-0.05, 0) is 104 Å². The summed E-state index contributed by atoms with van der Waals surface area (Å²) in [6.07, 6.45) is 8.62. The molecule has 10 heteroatoms. The van der Waals surface area contributed by atoms with Crippen molar-refractivity contribution in [3.63, 3.8) is 0 Å². The van der Waals surface area contributed by atoms with Crippen molar-refractivity contribution in [2.75, 3.05) is 45.4 Å². The van der Waals surface area contributed by atoms with Crippen LogP contribution >= 0.6 is 11.6 Å². The highest BCUT2D eigenvalue weighted by Crippen LogP contribution is 2.73. The molecular formula is C36H47ClN2O6S. The molecule has 8 nitrogen and oxygen atoms in total. The van der Waals surface area contributed by atoms with Crippen molar-refractivity contribution in [2.45, 2.75) is 87.4 Å². The number of amides is 1. The highest BCUT2D eigenvalue weighted by Gasteiger charge is 2.71. The molecule has 4 aliphatic carbocycles. The van der Waals surface area contributed by atoms with Crippen LogP contribution < -0.4 is 14.4 Å². The van der Waals surface area contributed by atoms with E-state index in [1.54, 1.807) is 13.2 Å². The number of hydrogen-bond acceptors (Lipinski definition) is 7. The van der Waals surface area contributed by atoms with Gasteiger partial charge in [0.15, 0.2) is 0 Å². The van der Waals surface area contributed by atoms with Gasteiger partial charge in [0.05, 0.1) is 29.8 Å². The molecule has 46 heavy (non-hydrogen) atoms. The van der Waals surface area contributed by atoms with Gasteiger partial charge in [-0.3, -0.25) is 4.79 Å². The van der Waals surface area contributed by atoms with E-state index >= 15 is 0 Å². The number of nitrogens with zero attached hydrogens (tertiary/aromatic N) is 1. The van der Waals surface area contributed by atoms with Crippen LogP contribution in [0.3, 0.4) is 0 Å². The monoisotopic (exact) mass is 670 g/mol. The Morgan fingerprint density at radius 3 is 2.61 bits per heavy atom. The summed E-state index contributed by atoms with van der Waals surface area (Å²) in [6.45, 7) is 4.45. The van der Waals surface area contributed by atoms with Crippen LogP contribution in [0, 0.1) is 17.3 Å². The predicted octanol–water partition coefficient (Wildman–Crippen LogP) is 6.28. The molecule has 2 aliphatic heterocycles. The first-order valence-electron chi connectivity index (χ1n) is 17.0. The summed E-state index contributed by atoms with van der Waals surface area (Å²) in [5, 5.41) is 0.105. The fourth-order valence-corrected chi connectivity index (χ4v) is 11.6. The molecule has 2 heterocycles. The number of rotatable bonds is 4. The van der Waals surface area contributed by atoms with Crippen LogP contribution in [0.1, 0.15) is 86.2 Å². The zero-order chi connectivity index (χ0) is 32.3. The molecule has 1 unspecified atom stereocenters. The summed E-state index contributed by atoms with van der Waals surface area (Å²) in [6, 6.07) is 11.7. The maximum atomic E-state index is 13.6. The molecule has 0 radical (unpaired) electrons. The summed E-state index contributed by atoms with van der Waals surface area (Å²) in [5.41, 5.74) is 3.12. The molecule has 6 aliphatic rings. The minimum Gasteiger partial charge on any atom is -0.490 e. The van der Waals surface area contributed by atoms with Crippen LogP contribution in [0.5, 0.6) is 5.75 Å². The first-order chi connectivity index (χ1) is 22.1. The summed E-state index contributed by atoms with van der Waals surface area (Å²) < 4.78 is 48.3. The van der Waals surface area contributed by atoms with E-state index in [9.17, 15) is 13.2 Å². The Morgan fingerprint density at radius 2 is 1.89 bits per heavy atom. The molecule has 250 valence electrons. The van der Waals surface area contributed by atoms with Crippen molar-refractivity contribution >= 4 is 33.2 Å². The zero-order valence-corrected chi connectivity index (χ0v) is 28.9. The minimum atomic E-state index is -3.87. The number of halogens is 1. The van der Waals surface area contributed by atoms with Crippen molar-refractivity contribution in [3.05, 3.63) is 58.1 Å². The second-order valence-electron chi connectivity index (χ2n) is 14.7. The van der Waals surface area contributed by atoms with E-state index < -0.39 is 26.8 Å². The molecule has 4 bridgehead atoms. The third kappa shape index (κ3) is 5.24. The maximum absolute atomic E-state index is 13.6. The van der Waals surface area contributed by atoms with Gasteiger partial charge in [-0.1, -0.05) is 37.4 Å². The van der Waals surface area contributed by atoms with Gasteiger partial charge in [0, 0.05) is 49.2 Å². The first kappa shape index (κ1) is 32.2. The van der Waals surface area contributed by atoms with Crippen LogP contribution in [0.25, 0.3) is 0 Å². The standard InChI is InChI=1S/C36H47ClN2O6S/c1-4-28-9-5-6-15-36(44-3,23-43-2)32-26-18-35(32,19-26)21-39-20-34(14-7-8-24-16-27(37)11-12-29(24)34)22-45-31-13-10-25(17-30(31)39)33(40)38-46(28,41)42/h10-13,16-17,26,28,32H,4-9,14-15,18-23H2,1-3H3,(H,38,40)/t26?,28?,32-,34+,35?,36-/m1/s1. The SMILES string of the molecule is CCC1CCCC[C@](COC)(OC)[C@@H]2C3CC2(C3)CN2C[C@@]3(CCCc4cc(Cl)ccc43)COc3ccc(cc32)C(=O)NS1(=O)=O. The zero-order valence-electron chi connectivity index (χ0n) is 27.3. The second kappa shape index (κ2) is 12.0. The lowest BCUT2D eigenvalue weighted by Crippen LogP contribution is -2.74. The van der Waals surface area contributed by atoms with Gasteiger partial charge in [-0.2, -0.15) is 0 Å². The van der Waals surface area contributed by atoms with Gasteiger partial charge in [0.25, 0.3) is 5.91 Å². The van der Waals surface area contributed by atoms with Crippen molar-refractivity contribution in [1.29, 1.82) is 0 Å². The Bertz CT molecular complexity index is 1610. The number of benzene rings is 2. The topological polar surface area (TPSA) is 94.2 Å². The highest BCUT2D eigenvalue weighted by molar-refractivity contribution is 7.90. The summed E-state index contributed by atoms with van der Waals surface area (Å²) in [4.78, 5) is 16.0. The number of aryl methyl sites for hydroxylation is 1. The van der Waals surface area contributed by atoms with E-state index in [1.807, 2.05) is 32.2 Å². The largest absolute Gasteiger partial charge is 0.490 e.